The van der Waals surface area contributed by atoms with E-state index in [0.29, 0.717) is 17.4 Å². The number of hydrogen-bond acceptors (Lipinski definition) is 3. The molecule has 0 radical (unpaired) electrons. The van der Waals surface area contributed by atoms with Crippen LogP contribution in [0.15, 0.2) is 14.7 Å². The molecule has 0 aromatic carbocycles. The molecule has 0 unspecified atom stereocenters. The molecule has 1 heterocycles. The Bertz CT molecular complexity index is 588. The van der Waals surface area contributed by atoms with Crippen LogP contribution in [0.5, 0.6) is 0 Å². The van der Waals surface area contributed by atoms with E-state index in [4.69, 9.17) is 0 Å². The van der Waals surface area contributed by atoms with Crippen LogP contribution in [0.2, 0.25) is 0 Å². The summed E-state index contributed by atoms with van der Waals surface area (Å²) in [6, 6.07) is 1.67. The minimum atomic E-state index is -3.40. The quantitative estimate of drug-likeness (QED) is 0.882. The minimum Gasteiger partial charge on any atom is -0.211 e. The van der Waals surface area contributed by atoms with Crippen molar-refractivity contribution < 1.29 is 8.42 Å². The van der Waals surface area contributed by atoms with Gasteiger partial charge in [-0.3, -0.25) is 0 Å². The van der Waals surface area contributed by atoms with Crippen molar-refractivity contribution in [2.45, 2.75) is 39.5 Å². The van der Waals surface area contributed by atoms with Crippen molar-refractivity contribution in [3.63, 3.8) is 0 Å². The Hall–Kier alpha value is 0.0900. The highest BCUT2D eigenvalue weighted by atomic mass is 79.9. The van der Waals surface area contributed by atoms with Gasteiger partial charge in [0, 0.05) is 11.4 Å². The van der Waals surface area contributed by atoms with Crippen molar-refractivity contribution in [3.8, 4) is 0 Å². The SMILES string of the molecule is Cc1sc(Br)cc1S(=O)(=O)NCC1C(C)(C)C1(C)C. The third kappa shape index (κ3) is 2.52. The monoisotopic (exact) mass is 365 g/mol. The van der Waals surface area contributed by atoms with Gasteiger partial charge in [-0.15, -0.1) is 11.3 Å². The second-order valence-electron chi connectivity index (χ2n) is 6.32. The highest BCUT2D eigenvalue weighted by Gasteiger charge is 2.64. The van der Waals surface area contributed by atoms with E-state index in [1.165, 1.54) is 11.3 Å². The molecule has 108 valence electrons. The maximum absolute atomic E-state index is 12.3. The predicted octanol–water partition coefficient (Wildman–Crippen LogP) is 3.78. The van der Waals surface area contributed by atoms with Gasteiger partial charge < -0.3 is 0 Å². The lowest BCUT2D eigenvalue weighted by Gasteiger charge is -2.07. The summed E-state index contributed by atoms with van der Waals surface area (Å²) in [6.07, 6.45) is 0. The molecule has 1 aliphatic carbocycles. The normalized spacial score (nSPS) is 21.6. The van der Waals surface area contributed by atoms with Gasteiger partial charge in [-0.1, -0.05) is 27.7 Å². The first-order valence-corrected chi connectivity index (χ1v) is 9.35. The molecule has 1 aromatic heterocycles. The smallest absolute Gasteiger partial charge is 0.211 e. The van der Waals surface area contributed by atoms with Crippen molar-refractivity contribution in [1.29, 1.82) is 0 Å². The van der Waals surface area contributed by atoms with Crippen LogP contribution < -0.4 is 4.72 Å². The highest BCUT2D eigenvalue weighted by molar-refractivity contribution is 9.11. The van der Waals surface area contributed by atoms with E-state index in [2.05, 4.69) is 48.3 Å². The molecule has 0 amide bonds. The molecule has 1 N–H and O–H groups in total. The molecule has 3 nitrogen and oxygen atoms in total. The Morgan fingerprint density at radius 1 is 1.32 bits per heavy atom. The molecule has 6 heteroatoms. The van der Waals surface area contributed by atoms with Gasteiger partial charge in [0.25, 0.3) is 0 Å². The summed E-state index contributed by atoms with van der Waals surface area (Å²) in [5, 5.41) is 0. The molecular weight excluding hydrogens is 346 g/mol. The maximum atomic E-state index is 12.3. The van der Waals surface area contributed by atoms with Crippen LogP contribution in [-0.2, 0) is 10.0 Å². The third-order valence-corrected chi connectivity index (χ3v) is 8.16. The first-order chi connectivity index (χ1) is 8.50. The lowest BCUT2D eigenvalue weighted by Crippen LogP contribution is -2.27. The maximum Gasteiger partial charge on any atom is 0.241 e. The van der Waals surface area contributed by atoms with Gasteiger partial charge in [-0.25, -0.2) is 13.1 Å². The number of nitrogens with one attached hydrogen (secondary N) is 1. The number of thiophene rings is 1. The fraction of sp³-hybridized carbons (Fsp3) is 0.692. The lowest BCUT2D eigenvalue weighted by molar-refractivity contribution is 0.457. The van der Waals surface area contributed by atoms with Gasteiger partial charge in [-0.2, -0.15) is 0 Å². The van der Waals surface area contributed by atoms with Gasteiger partial charge >= 0.3 is 0 Å². The molecule has 19 heavy (non-hydrogen) atoms. The number of halogens is 1. The van der Waals surface area contributed by atoms with Crippen molar-refractivity contribution in [2.24, 2.45) is 16.7 Å². The molecule has 0 atom stereocenters. The Morgan fingerprint density at radius 3 is 2.21 bits per heavy atom. The van der Waals surface area contributed by atoms with Gasteiger partial charge in [0.05, 0.1) is 8.68 Å². The third-order valence-electron chi connectivity index (χ3n) is 4.93. The highest BCUT2D eigenvalue weighted by Crippen LogP contribution is 2.68. The number of hydrogen-bond donors (Lipinski definition) is 1. The summed E-state index contributed by atoms with van der Waals surface area (Å²) in [6.45, 7) is 11.1. The van der Waals surface area contributed by atoms with Crippen molar-refractivity contribution in [1.82, 2.24) is 4.72 Å². The zero-order valence-electron chi connectivity index (χ0n) is 11.9. The van der Waals surface area contributed by atoms with Gasteiger partial charge in [0.1, 0.15) is 0 Å². The molecule has 1 aliphatic rings. The molecule has 0 spiro atoms. The topological polar surface area (TPSA) is 46.2 Å². The zero-order chi connectivity index (χ0) is 14.6. The summed E-state index contributed by atoms with van der Waals surface area (Å²) in [5.74, 6) is 0.386. The largest absolute Gasteiger partial charge is 0.241 e. The summed E-state index contributed by atoms with van der Waals surface area (Å²) in [4.78, 5) is 1.20. The first-order valence-electron chi connectivity index (χ1n) is 6.26. The van der Waals surface area contributed by atoms with Crippen LogP contribution in [-0.4, -0.2) is 15.0 Å². The van der Waals surface area contributed by atoms with Crippen molar-refractivity contribution in [2.75, 3.05) is 6.54 Å². The van der Waals surface area contributed by atoms with Gasteiger partial charge in [-0.05, 0) is 45.7 Å². The summed E-state index contributed by atoms with van der Waals surface area (Å²) < 4.78 is 28.2. The first kappa shape index (κ1) is 15.5. The average molecular weight is 366 g/mol. The lowest BCUT2D eigenvalue weighted by atomic mass is 10.0. The minimum absolute atomic E-state index is 0.194. The fourth-order valence-electron chi connectivity index (χ4n) is 2.81. The van der Waals surface area contributed by atoms with E-state index in [-0.39, 0.29) is 10.8 Å². The molecule has 2 rings (SSSR count). The summed E-state index contributed by atoms with van der Waals surface area (Å²) in [7, 11) is -3.40. The van der Waals surface area contributed by atoms with Crippen molar-refractivity contribution in [3.05, 3.63) is 14.7 Å². The molecule has 1 fully saturated rings. The van der Waals surface area contributed by atoms with Crippen LogP contribution in [0.4, 0.5) is 0 Å². The van der Waals surface area contributed by atoms with E-state index in [1.54, 1.807) is 6.07 Å². The Balaban J connectivity index is 2.11. The van der Waals surface area contributed by atoms with E-state index in [1.807, 2.05) is 6.92 Å². The molecule has 1 aromatic rings. The Labute approximate surface area is 128 Å². The number of aryl methyl sites for hydroxylation is 1. The molecule has 0 bridgehead atoms. The number of sulfonamides is 1. The van der Waals surface area contributed by atoms with Crippen molar-refractivity contribution >= 4 is 37.3 Å². The second kappa shape index (κ2) is 4.55. The molecular formula is C13H20BrNO2S2. The molecule has 0 saturated heterocycles. The van der Waals surface area contributed by atoms with E-state index in [0.717, 1.165) is 8.66 Å². The van der Waals surface area contributed by atoms with E-state index >= 15 is 0 Å². The molecule has 0 aliphatic heterocycles. The van der Waals surface area contributed by atoms with Crippen LogP contribution in [0.1, 0.15) is 32.6 Å². The van der Waals surface area contributed by atoms with Crippen LogP contribution >= 0.6 is 27.3 Å². The predicted molar refractivity (Wildman–Crippen MR) is 83.0 cm³/mol. The summed E-state index contributed by atoms with van der Waals surface area (Å²) in [5.41, 5.74) is 0.388. The van der Waals surface area contributed by atoms with Crippen LogP contribution in [0.3, 0.4) is 0 Å². The van der Waals surface area contributed by atoms with Gasteiger partial charge in [0.15, 0.2) is 0 Å². The second-order valence-corrected chi connectivity index (χ2v) is 10.7. The fourth-order valence-corrected chi connectivity index (χ4v) is 6.27. The zero-order valence-corrected chi connectivity index (χ0v) is 15.1. The number of rotatable bonds is 4. The molecule has 1 saturated carbocycles. The standard InChI is InChI=1S/C13H20BrNO2S2/c1-8-9(6-11(14)18-8)19(16,17)15-7-10-12(2,3)13(10,4)5/h6,10,15H,7H2,1-5H3. The Kier molecular flexibility index (Phi) is 3.70. The van der Waals surface area contributed by atoms with E-state index < -0.39 is 10.0 Å². The van der Waals surface area contributed by atoms with E-state index in [9.17, 15) is 8.42 Å². The van der Waals surface area contributed by atoms with Gasteiger partial charge in [0.2, 0.25) is 10.0 Å². The van der Waals surface area contributed by atoms with Crippen LogP contribution in [0.25, 0.3) is 0 Å². The summed E-state index contributed by atoms with van der Waals surface area (Å²) >= 11 is 4.77. The van der Waals surface area contributed by atoms with Crippen LogP contribution in [0, 0.1) is 23.7 Å². The Morgan fingerprint density at radius 2 is 1.84 bits per heavy atom. The average Bonchev–Trinajstić information content (AvgIpc) is 2.54.